The highest BCUT2D eigenvalue weighted by Gasteiger charge is 2.25. The van der Waals surface area contributed by atoms with Crippen molar-refractivity contribution in [2.45, 2.75) is 23.7 Å². The molecule has 2 fully saturated rings. The summed E-state index contributed by atoms with van der Waals surface area (Å²) in [6.07, 6.45) is -0.0620. The molecule has 0 radical (unpaired) electrons. The van der Waals surface area contributed by atoms with E-state index < -0.39 is 22.0 Å². The first kappa shape index (κ1) is 32.6. The maximum atomic E-state index is 11.9. The summed E-state index contributed by atoms with van der Waals surface area (Å²) >= 11 is 3.16. The third-order valence-electron chi connectivity index (χ3n) is 6.12. The Morgan fingerprint density at radius 3 is 1.71 bits per heavy atom. The number of hydrogen-bond donors (Lipinski definition) is 1. The monoisotopic (exact) mass is 622 g/mol. The first-order valence-electron chi connectivity index (χ1n) is 12.8. The minimum absolute atomic E-state index is 0.00363. The zero-order chi connectivity index (χ0) is 30.5. The van der Waals surface area contributed by atoms with Gasteiger partial charge in [0, 0.05) is 67.2 Å². The summed E-state index contributed by atoms with van der Waals surface area (Å²) in [6.45, 7) is 2.13. The average molecular weight is 623 g/mol. The molecule has 0 spiro atoms. The topological polar surface area (TPSA) is 183 Å². The number of nitro benzene ring substituents is 2. The highest BCUT2D eigenvalue weighted by Crippen LogP contribution is 2.20. The molecule has 14 nitrogen and oxygen atoms in total. The van der Waals surface area contributed by atoms with Gasteiger partial charge >= 0.3 is 12.2 Å². The Balaban J connectivity index is 0.000000230. The van der Waals surface area contributed by atoms with Crippen molar-refractivity contribution in [1.82, 2.24) is 9.80 Å². The second kappa shape index (κ2) is 16.5. The van der Waals surface area contributed by atoms with Gasteiger partial charge in [-0.2, -0.15) is 11.8 Å². The van der Waals surface area contributed by atoms with Crippen molar-refractivity contribution < 1.29 is 38.8 Å². The Hall–Kier alpha value is -3.89. The van der Waals surface area contributed by atoms with E-state index in [1.165, 1.54) is 40.9 Å². The molecule has 0 bridgehead atoms. The second-order valence-electron chi connectivity index (χ2n) is 9.07. The molecule has 42 heavy (non-hydrogen) atoms. The van der Waals surface area contributed by atoms with Crippen LogP contribution in [0.3, 0.4) is 0 Å². The van der Waals surface area contributed by atoms with Gasteiger partial charge in [-0.25, -0.2) is 9.59 Å². The van der Waals surface area contributed by atoms with E-state index in [4.69, 9.17) is 14.6 Å². The van der Waals surface area contributed by atoms with Gasteiger partial charge < -0.3 is 29.2 Å². The molecule has 2 aromatic rings. The summed E-state index contributed by atoms with van der Waals surface area (Å²) in [5, 5.41) is 30.0. The number of aliphatic hydroxyl groups is 1. The first-order valence-corrected chi connectivity index (χ1v) is 14.9. The lowest BCUT2D eigenvalue weighted by atomic mass is 10.2. The number of nitrogens with zero attached hydrogens (tertiary/aromatic N) is 4. The lowest BCUT2D eigenvalue weighted by molar-refractivity contribution is -0.385. The zero-order valence-corrected chi connectivity index (χ0v) is 24.1. The van der Waals surface area contributed by atoms with Crippen LogP contribution in [0.25, 0.3) is 0 Å². The summed E-state index contributed by atoms with van der Waals surface area (Å²) in [4.78, 5) is 57.7. The van der Waals surface area contributed by atoms with E-state index in [0.717, 1.165) is 12.0 Å². The smallest absolute Gasteiger partial charge is 0.410 e. The van der Waals surface area contributed by atoms with Crippen molar-refractivity contribution in [2.24, 2.45) is 0 Å². The largest absolute Gasteiger partial charge is 0.445 e. The minimum Gasteiger partial charge on any atom is -0.445 e. The van der Waals surface area contributed by atoms with Crippen molar-refractivity contribution in [3.63, 3.8) is 0 Å². The number of aldehydes is 1. The number of carbonyl (C=O) groups excluding carboxylic acids is 3. The summed E-state index contributed by atoms with van der Waals surface area (Å²) in [6, 6.07) is 11.7. The number of rotatable bonds is 8. The normalized spacial score (nSPS) is 18.2. The molecular weight excluding hydrogens is 592 g/mol. The van der Waals surface area contributed by atoms with E-state index >= 15 is 0 Å². The molecule has 2 saturated heterocycles. The zero-order valence-electron chi connectivity index (χ0n) is 22.4. The van der Waals surface area contributed by atoms with Gasteiger partial charge in [-0.15, -0.1) is 11.8 Å². The summed E-state index contributed by atoms with van der Waals surface area (Å²) < 4.78 is 10.3. The fraction of sp³-hybridized carbons (Fsp3) is 0.423. The van der Waals surface area contributed by atoms with Gasteiger partial charge in [0.05, 0.1) is 21.7 Å². The number of thioether (sulfide) groups is 2. The number of non-ortho nitro benzene ring substituents is 2. The number of ether oxygens (including phenoxy) is 2. The van der Waals surface area contributed by atoms with E-state index in [2.05, 4.69) is 0 Å². The quantitative estimate of drug-likeness (QED) is 0.257. The van der Waals surface area contributed by atoms with Crippen molar-refractivity contribution in [1.29, 1.82) is 0 Å². The standard InChI is InChI=1S/C13H16N2O5S.C13H14N2O5S/c2*16-8-12-7-14(5-6-21-12)13(17)20-9-10-1-3-11(4-2-10)15(18)19/h1-4,12,16H,5-9H2;1-4,8,12H,5-7,9H2. The number of nitro groups is 2. The minimum atomic E-state index is -0.485. The molecule has 226 valence electrons. The molecule has 1 N–H and O–H groups in total. The van der Waals surface area contributed by atoms with Crippen molar-refractivity contribution in [3.8, 4) is 0 Å². The van der Waals surface area contributed by atoms with Gasteiger partial charge in [-0.3, -0.25) is 20.2 Å². The van der Waals surface area contributed by atoms with Crippen LogP contribution in [0.15, 0.2) is 48.5 Å². The molecule has 16 heteroatoms. The molecule has 0 saturated carbocycles. The number of aliphatic hydroxyl groups excluding tert-OH is 1. The highest BCUT2D eigenvalue weighted by atomic mass is 32.2. The van der Waals surface area contributed by atoms with Gasteiger partial charge in [-0.1, -0.05) is 0 Å². The van der Waals surface area contributed by atoms with Crippen LogP contribution in [0.2, 0.25) is 0 Å². The van der Waals surface area contributed by atoms with E-state index in [1.54, 1.807) is 40.9 Å². The predicted octanol–water partition coefficient (Wildman–Crippen LogP) is 3.49. The SMILES string of the molecule is O=C(OCc1ccc([N+](=O)[O-])cc1)N1CCSC(CO)C1.O=CC1CN(C(=O)OCc2ccc([N+](=O)[O-])cc2)CCS1. The molecule has 2 unspecified atom stereocenters. The molecule has 2 amide bonds. The van der Waals surface area contributed by atoms with Gasteiger partial charge in [0.25, 0.3) is 11.4 Å². The van der Waals surface area contributed by atoms with Crippen LogP contribution in [0.4, 0.5) is 21.0 Å². The molecule has 2 aromatic carbocycles. The maximum Gasteiger partial charge on any atom is 0.410 e. The fourth-order valence-electron chi connectivity index (χ4n) is 3.82. The molecule has 4 rings (SSSR count). The molecule has 0 aliphatic carbocycles. The summed E-state index contributed by atoms with van der Waals surface area (Å²) in [5.74, 6) is 1.48. The molecular formula is C26H30N4O10S2. The van der Waals surface area contributed by atoms with Crippen molar-refractivity contribution in [2.75, 3.05) is 44.3 Å². The van der Waals surface area contributed by atoms with E-state index in [9.17, 15) is 34.6 Å². The molecule has 2 aliphatic heterocycles. The van der Waals surface area contributed by atoms with Crippen molar-refractivity contribution >= 4 is 53.4 Å². The molecule has 0 aromatic heterocycles. The third-order valence-corrected chi connectivity index (χ3v) is 8.42. The third kappa shape index (κ3) is 10.2. The lowest BCUT2D eigenvalue weighted by Gasteiger charge is -2.30. The van der Waals surface area contributed by atoms with Gasteiger partial charge in [-0.05, 0) is 35.4 Å². The van der Waals surface area contributed by atoms with Gasteiger partial charge in [0.2, 0.25) is 0 Å². The number of carbonyl (C=O) groups is 3. The Kier molecular flexibility index (Phi) is 12.8. The summed E-state index contributed by atoms with van der Waals surface area (Å²) in [7, 11) is 0. The maximum absolute atomic E-state index is 11.9. The molecule has 2 heterocycles. The van der Waals surface area contributed by atoms with E-state index in [-0.39, 0.29) is 41.7 Å². The Labute approximate surface area is 249 Å². The van der Waals surface area contributed by atoms with Crippen LogP contribution in [0.1, 0.15) is 11.1 Å². The van der Waals surface area contributed by atoms with Crippen LogP contribution in [-0.4, -0.2) is 98.0 Å². The summed E-state index contributed by atoms with van der Waals surface area (Å²) in [5.41, 5.74) is 1.36. The number of benzene rings is 2. The lowest BCUT2D eigenvalue weighted by Crippen LogP contribution is -2.43. The molecule has 2 atom stereocenters. The van der Waals surface area contributed by atoms with Crippen LogP contribution < -0.4 is 0 Å². The Morgan fingerprint density at radius 2 is 1.29 bits per heavy atom. The Bertz CT molecular complexity index is 1230. The number of hydrogen-bond acceptors (Lipinski definition) is 12. The Morgan fingerprint density at radius 1 is 0.833 bits per heavy atom. The van der Waals surface area contributed by atoms with Gasteiger partial charge in [0.1, 0.15) is 19.5 Å². The predicted molar refractivity (Wildman–Crippen MR) is 155 cm³/mol. The number of amides is 2. The fourth-order valence-corrected chi connectivity index (χ4v) is 5.86. The molecule has 2 aliphatic rings. The van der Waals surface area contributed by atoms with Crippen LogP contribution in [0.5, 0.6) is 0 Å². The second-order valence-corrected chi connectivity index (χ2v) is 11.8. The van der Waals surface area contributed by atoms with E-state index in [0.29, 0.717) is 43.1 Å². The van der Waals surface area contributed by atoms with E-state index in [1.807, 2.05) is 0 Å². The average Bonchev–Trinajstić information content (AvgIpc) is 3.03. The first-order chi connectivity index (χ1) is 20.2. The van der Waals surface area contributed by atoms with Crippen LogP contribution in [0, 0.1) is 20.2 Å². The highest BCUT2D eigenvalue weighted by molar-refractivity contribution is 8.00. The van der Waals surface area contributed by atoms with Crippen LogP contribution >= 0.6 is 23.5 Å². The van der Waals surface area contributed by atoms with Gasteiger partial charge in [0.15, 0.2) is 0 Å². The van der Waals surface area contributed by atoms with Crippen LogP contribution in [-0.2, 0) is 27.5 Å². The van der Waals surface area contributed by atoms with Crippen molar-refractivity contribution in [3.05, 3.63) is 79.9 Å².